The molecule has 7 nitrogen and oxygen atoms in total. The van der Waals surface area contributed by atoms with Gasteiger partial charge in [0, 0.05) is 31.4 Å². The number of anilines is 1. The van der Waals surface area contributed by atoms with E-state index >= 15 is 0 Å². The maximum Gasteiger partial charge on any atom is 0.255 e. The number of carbonyl (C=O) groups excluding carboxylic acids is 1. The van der Waals surface area contributed by atoms with Crippen LogP contribution in [0.25, 0.3) is 0 Å². The minimum Gasteiger partial charge on any atom is -0.432 e. The van der Waals surface area contributed by atoms with E-state index in [4.69, 9.17) is 16.2 Å². The zero-order valence-corrected chi connectivity index (χ0v) is 13.9. The lowest BCUT2D eigenvalue weighted by molar-refractivity contribution is 0.0996. The van der Waals surface area contributed by atoms with Crippen molar-refractivity contribution in [3.8, 4) is 11.6 Å². The zero-order valence-electron chi connectivity index (χ0n) is 13.9. The van der Waals surface area contributed by atoms with Gasteiger partial charge < -0.3 is 21.1 Å². The molecule has 1 atom stereocenters. The van der Waals surface area contributed by atoms with Gasteiger partial charge in [-0.1, -0.05) is 0 Å². The van der Waals surface area contributed by atoms with Crippen LogP contribution in [0.3, 0.4) is 0 Å². The van der Waals surface area contributed by atoms with E-state index in [1.54, 1.807) is 4.90 Å². The van der Waals surface area contributed by atoms with E-state index in [1.807, 2.05) is 0 Å². The Balaban J connectivity index is 2.03. The summed E-state index contributed by atoms with van der Waals surface area (Å²) < 4.78 is 59.4. The summed E-state index contributed by atoms with van der Waals surface area (Å²) in [6, 6.07) is -0.0951. The first-order valence-electron chi connectivity index (χ1n) is 7.96. The molecular formula is C16H15F4N5O2. The van der Waals surface area contributed by atoms with Crippen LogP contribution in [0.15, 0.2) is 12.3 Å². The number of nitrogens with two attached hydrogens (primary N) is 2. The highest BCUT2D eigenvalue weighted by Gasteiger charge is 2.26. The molecule has 0 radical (unpaired) electrons. The van der Waals surface area contributed by atoms with Crippen LogP contribution in [0.5, 0.6) is 11.6 Å². The third-order valence-electron chi connectivity index (χ3n) is 4.02. The molecule has 3 rings (SSSR count). The highest BCUT2D eigenvalue weighted by molar-refractivity contribution is 5.95. The summed E-state index contributed by atoms with van der Waals surface area (Å²) >= 11 is 0. The number of ether oxygens (including phenoxy) is 1. The van der Waals surface area contributed by atoms with Crippen LogP contribution in [0.4, 0.5) is 23.5 Å². The lowest BCUT2D eigenvalue weighted by Crippen LogP contribution is -2.43. The fourth-order valence-corrected chi connectivity index (χ4v) is 2.69. The van der Waals surface area contributed by atoms with Crippen molar-refractivity contribution in [1.82, 2.24) is 9.97 Å². The number of piperidine rings is 1. The summed E-state index contributed by atoms with van der Waals surface area (Å²) in [6.45, 7) is 0.965. The lowest BCUT2D eigenvalue weighted by atomic mass is 10.1. The lowest BCUT2D eigenvalue weighted by Gasteiger charge is -2.30. The Labute approximate surface area is 150 Å². The van der Waals surface area contributed by atoms with E-state index in [0.717, 1.165) is 19.0 Å². The van der Waals surface area contributed by atoms with Crippen molar-refractivity contribution in [1.29, 1.82) is 0 Å². The number of benzene rings is 1. The van der Waals surface area contributed by atoms with Crippen molar-refractivity contribution >= 4 is 11.9 Å². The molecule has 2 aromatic rings. The average Bonchev–Trinajstić information content (AvgIpc) is 2.63. The van der Waals surface area contributed by atoms with Crippen LogP contribution >= 0.6 is 0 Å². The van der Waals surface area contributed by atoms with Crippen molar-refractivity contribution in [2.75, 3.05) is 18.0 Å². The monoisotopic (exact) mass is 385 g/mol. The molecule has 1 unspecified atom stereocenters. The Morgan fingerprint density at radius 1 is 1.22 bits per heavy atom. The quantitative estimate of drug-likeness (QED) is 0.614. The molecule has 27 heavy (non-hydrogen) atoms. The molecule has 1 aromatic carbocycles. The van der Waals surface area contributed by atoms with Crippen LogP contribution in [-0.2, 0) is 0 Å². The Morgan fingerprint density at radius 3 is 2.48 bits per heavy atom. The SMILES string of the molecule is NC(=O)c1cnc(N2CCCC(N)C2)nc1Oc1c(F)c(F)cc(F)c1F. The fourth-order valence-electron chi connectivity index (χ4n) is 2.69. The second-order valence-electron chi connectivity index (χ2n) is 6.00. The Bertz CT molecular complexity index is 869. The number of hydrogen-bond acceptors (Lipinski definition) is 6. The maximum absolute atomic E-state index is 13.9. The Morgan fingerprint density at radius 2 is 1.89 bits per heavy atom. The van der Waals surface area contributed by atoms with Crippen molar-refractivity contribution in [2.45, 2.75) is 18.9 Å². The number of primary amides is 1. The predicted octanol–water partition coefficient (Wildman–Crippen LogP) is 1.85. The molecule has 1 aromatic heterocycles. The summed E-state index contributed by atoms with van der Waals surface area (Å²) in [6.07, 6.45) is 2.57. The molecule has 0 saturated carbocycles. The van der Waals surface area contributed by atoms with E-state index in [2.05, 4.69) is 9.97 Å². The molecule has 144 valence electrons. The standard InChI is InChI=1S/C16H15F4N5O2/c17-9-4-10(18)12(20)13(11(9)19)27-15-8(14(22)26)5-23-16(24-15)25-3-1-2-7(21)6-25/h4-5,7H,1-3,6,21H2,(H2,22,26). The number of carbonyl (C=O) groups is 1. The highest BCUT2D eigenvalue weighted by atomic mass is 19.2. The second kappa shape index (κ2) is 7.35. The summed E-state index contributed by atoms with van der Waals surface area (Å²) in [7, 11) is 0. The topological polar surface area (TPSA) is 107 Å². The molecular weight excluding hydrogens is 370 g/mol. The largest absolute Gasteiger partial charge is 0.432 e. The molecule has 0 aliphatic carbocycles. The van der Waals surface area contributed by atoms with E-state index in [0.29, 0.717) is 13.1 Å². The van der Waals surface area contributed by atoms with Gasteiger partial charge in [-0.25, -0.2) is 13.8 Å². The van der Waals surface area contributed by atoms with Crippen molar-refractivity contribution in [3.63, 3.8) is 0 Å². The third-order valence-corrected chi connectivity index (χ3v) is 4.02. The molecule has 1 saturated heterocycles. The molecule has 4 N–H and O–H groups in total. The van der Waals surface area contributed by atoms with Gasteiger partial charge in [0.05, 0.1) is 0 Å². The fraction of sp³-hybridized carbons (Fsp3) is 0.312. The number of aromatic nitrogens is 2. The number of rotatable bonds is 4. The van der Waals surface area contributed by atoms with Gasteiger partial charge >= 0.3 is 0 Å². The molecule has 2 heterocycles. The number of amides is 1. The van der Waals surface area contributed by atoms with Crippen LogP contribution in [0.1, 0.15) is 23.2 Å². The van der Waals surface area contributed by atoms with Crippen molar-refractivity contribution < 1.29 is 27.1 Å². The highest BCUT2D eigenvalue weighted by Crippen LogP contribution is 2.32. The Kier molecular flexibility index (Phi) is 5.13. The Hall–Kier alpha value is -2.95. The molecule has 0 spiro atoms. The number of nitrogens with zero attached hydrogens (tertiary/aromatic N) is 3. The molecule has 0 bridgehead atoms. The smallest absolute Gasteiger partial charge is 0.255 e. The molecule has 11 heteroatoms. The predicted molar refractivity (Wildman–Crippen MR) is 86.3 cm³/mol. The van der Waals surface area contributed by atoms with Crippen molar-refractivity contribution in [2.24, 2.45) is 11.5 Å². The maximum atomic E-state index is 13.9. The first-order valence-corrected chi connectivity index (χ1v) is 7.96. The summed E-state index contributed by atoms with van der Waals surface area (Å²) in [5.41, 5.74) is 10.7. The summed E-state index contributed by atoms with van der Waals surface area (Å²) in [4.78, 5) is 21.2. The minimum atomic E-state index is -1.77. The van der Waals surface area contributed by atoms with E-state index < -0.39 is 46.4 Å². The van der Waals surface area contributed by atoms with E-state index in [1.165, 1.54) is 0 Å². The molecule has 1 fully saturated rings. The van der Waals surface area contributed by atoms with Gasteiger partial charge in [-0.2, -0.15) is 13.8 Å². The number of halogens is 4. The van der Waals surface area contributed by atoms with Crippen LogP contribution in [0, 0.1) is 23.3 Å². The number of hydrogen-bond donors (Lipinski definition) is 2. The van der Waals surface area contributed by atoms with Gasteiger partial charge in [0.25, 0.3) is 5.91 Å². The third kappa shape index (κ3) is 3.77. The van der Waals surface area contributed by atoms with Crippen LogP contribution in [-0.4, -0.2) is 35.0 Å². The minimum absolute atomic E-state index is 0.0348. The van der Waals surface area contributed by atoms with Gasteiger partial charge in [0.15, 0.2) is 11.6 Å². The van der Waals surface area contributed by atoms with Crippen LogP contribution in [0.2, 0.25) is 0 Å². The van der Waals surface area contributed by atoms with Crippen molar-refractivity contribution in [3.05, 3.63) is 41.1 Å². The van der Waals surface area contributed by atoms with Gasteiger partial charge in [0.2, 0.25) is 29.2 Å². The molecule has 1 amide bonds. The van der Waals surface area contributed by atoms with Gasteiger partial charge in [0.1, 0.15) is 5.56 Å². The zero-order chi connectivity index (χ0) is 19.7. The average molecular weight is 385 g/mol. The van der Waals surface area contributed by atoms with E-state index in [9.17, 15) is 22.4 Å². The summed E-state index contributed by atoms with van der Waals surface area (Å²) in [5, 5.41) is 0. The first-order chi connectivity index (χ1) is 12.8. The van der Waals surface area contributed by atoms with Gasteiger partial charge in [-0.15, -0.1) is 0 Å². The van der Waals surface area contributed by atoms with Crippen LogP contribution < -0.4 is 21.1 Å². The van der Waals surface area contributed by atoms with E-state index in [-0.39, 0.29) is 18.1 Å². The molecule has 1 aliphatic heterocycles. The normalized spacial score (nSPS) is 17.1. The molecule has 1 aliphatic rings. The summed E-state index contributed by atoms with van der Waals surface area (Å²) in [5.74, 6) is -9.87. The second-order valence-corrected chi connectivity index (χ2v) is 6.00. The van der Waals surface area contributed by atoms with Gasteiger partial charge in [-0.3, -0.25) is 4.79 Å². The first kappa shape index (κ1) is 18.8. The van der Waals surface area contributed by atoms with Gasteiger partial charge in [-0.05, 0) is 12.8 Å².